The lowest BCUT2D eigenvalue weighted by molar-refractivity contribution is -0.132. The Morgan fingerprint density at radius 3 is 2.75 bits per heavy atom. The molecule has 4 nitrogen and oxygen atoms in total. The Hall–Kier alpha value is -1.88. The predicted molar refractivity (Wildman–Crippen MR) is 97.9 cm³/mol. The van der Waals surface area contributed by atoms with E-state index in [4.69, 9.17) is 0 Å². The summed E-state index contributed by atoms with van der Waals surface area (Å²) in [5.41, 5.74) is 1.16. The number of rotatable bonds is 5. The van der Waals surface area contributed by atoms with E-state index in [1.807, 2.05) is 23.1 Å². The lowest BCUT2D eigenvalue weighted by atomic mass is 10.0. The number of aryl methyl sites for hydroxylation is 1. The lowest BCUT2D eigenvalue weighted by Gasteiger charge is -2.25. The number of aromatic nitrogens is 1. The van der Waals surface area contributed by atoms with Crippen LogP contribution in [0.1, 0.15) is 24.8 Å². The highest BCUT2D eigenvalue weighted by molar-refractivity contribution is 9.10. The molecule has 0 aliphatic carbocycles. The van der Waals surface area contributed by atoms with E-state index in [2.05, 4.69) is 28.1 Å². The maximum absolute atomic E-state index is 12.7. The maximum atomic E-state index is 12.7. The molecule has 0 spiro atoms. The second-order valence-electron chi connectivity index (χ2n) is 6.22. The fourth-order valence-corrected chi connectivity index (χ4v) is 3.68. The van der Waals surface area contributed by atoms with Crippen LogP contribution in [0.4, 0.5) is 0 Å². The highest BCUT2D eigenvalue weighted by Crippen LogP contribution is 2.22. The van der Waals surface area contributed by atoms with Gasteiger partial charge in [0.2, 0.25) is 5.91 Å². The van der Waals surface area contributed by atoms with Gasteiger partial charge >= 0.3 is 0 Å². The first-order chi connectivity index (χ1) is 11.6. The van der Waals surface area contributed by atoms with Crippen molar-refractivity contribution in [1.82, 2.24) is 9.47 Å². The molecule has 1 aliphatic rings. The van der Waals surface area contributed by atoms with Crippen LogP contribution in [0, 0.1) is 0 Å². The number of amides is 1. The van der Waals surface area contributed by atoms with Crippen molar-refractivity contribution in [1.29, 1.82) is 0 Å². The fraction of sp³-hybridized carbons (Fsp3) is 0.368. The molecule has 24 heavy (non-hydrogen) atoms. The zero-order valence-corrected chi connectivity index (χ0v) is 15.1. The molecule has 126 valence electrons. The Morgan fingerprint density at radius 1 is 1.17 bits per heavy atom. The van der Waals surface area contributed by atoms with Crippen LogP contribution in [0.15, 0.2) is 57.9 Å². The molecule has 0 bridgehead atoms. The van der Waals surface area contributed by atoms with Gasteiger partial charge in [-0.25, -0.2) is 0 Å². The second kappa shape index (κ2) is 7.79. The first-order valence-electron chi connectivity index (χ1n) is 8.33. The average molecular weight is 389 g/mol. The molecule has 1 amide bonds. The molecule has 0 radical (unpaired) electrons. The number of hydrogen-bond donors (Lipinski definition) is 0. The van der Waals surface area contributed by atoms with Gasteiger partial charge in [-0.3, -0.25) is 9.59 Å². The monoisotopic (exact) mass is 388 g/mol. The molecule has 0 saturated carbocycles. The van der Waals surface area contributed by atoms with E-state index in [1.165, 1.54) is 16.2 Å². The molecule has 1 aromatic heterocycles. The molecule has 5 heteroatoms. The molecule has 1 aromatic carbocycles. The van der Waals surface area contributed by atoms with E-state index >= 15 is 0 Å². The van der Waals surface area contributed by atoms with Crippen molar-refractivity contribution in [2.24, 2.45) is 0 Å². The van der Waals surface area contributed by atoms with Crippen LogP contribution in [-0.2, 0) is 17.8 Å². The Balaban J connectivity index is 1.63. The van der Waals surface area contributed by atoms with E-state index in [0.717, 1.165) is 36.7 Å². The average Bonchev–Trinajstić information content (AvgIpc) is 3.06. The van der Waals surface area contributed by atoms with Crippen molar-refractivity contribution < 1.29 is 4.79 Å². The van der Waals surface area contributed by atoms with Gasteiger partial charge in [0.1, 0.15) is 6.54 Å². The minimum absolute atomic E-state index is 0.0331. The number of carbonyl (C=O) groups excluding carboxylic acids is 1. The number of hydrogen-bond acceptors (Lipinski definition) is 2. The van der Waals surface area contributed by atoms with Gasteiger partial charge in [0, 0.05) is 29.3 Å². The van der Waals surface area contributed by atoms with Gasteiger partial charge in [-0.2, -0.15) is 0 Å². The van der Waals surface area contributed by atoms with Crippen LogP contribution in [-0.4, -0.2) is 28.0 Å². The Labute approximate surface area is 150 Å². The van der Waals surface area contributed by atoms with Gasteiger partial charge in [-0.15, -0.1) is 0 Å². The van der Waals surface area contributed by atoms with Gasteiger partial charge in [0.15, 0.2) is 0 Å². The van der Waals surface area contributed by atoms with Crippen molar-refractivity contribution in [3.63, 3.8) is 0 Å². The van der Waals surface area contributed by atoms with E-state index < -0.39 is 0 Å². The van der Waals surface area contributed by atoms with Crippen molar-refractivity contribution in [3.8, 4) is 0 Å². The summed E-state index contributed by atoms with van der Waals surface area (Å²) in [5.74, 6) is 0.0331. The van der Waals surface area contributed by atoms with Gasteiger partial charge < -0.3 is 9.47 Å². The summed E-state index contributed by atoms with van der Waals surface area (Å²) in [6.45, 7) is 0.904. The molecule has 1 aliphatic heterocycles. The number of likely N-dealkylation sites (tertiary alicyclic amines) is 1. The molecule has 1 atom stereocenters. The van der Waals surface area contributed by atoms with Crippen molar-refractivity contribution in [3.05, 3.63) is 69.1 Å². The quantitative estimate of drug-likeness (QED) is 0.788. The molecule has 1 fully saturated rings. The summed E-state index contributed by atoms with van der Waals surface area (Å²) < 4.78 is 2.27. The molecular formula is C19H21BrN2O2. The fourth-order valence-electron chi connectivity index (χ4n) is 3.30. The summed E-state index contributed by atoms with van der Waals surface area (Å²) >= 11 is 3.35. The van der Waals surface area contributed by atoms with Crippen LogP contribution < -0.4 is 5.56 Å². The van der Waals surface area contributed by atoms with E-state index in [0.29, 0.717) is 0 Å². The second-order valence-corrected chi connectivity index (χ2v) is 7.14. The van der Waals surface area contributed by atoms with Gasteiger partial charge in [0.25, 0.3) is 5.56 Å². The van der Waals surface area contributed by atoms with E-state index in [9.17, 15) is 9.59 Å². The summed E-state index contributed by atoms with van der Waals surface area (Å²) in [7, 11) is 0. The van der Waals surface area contributed by atoms with Crippen molar-refractivity contribution in [2.45, 2.75) is 38.3 Å². The molecule has 1 unspecified atom stereocenters. The third-order valence-corrected chi connectivity index (χ3v) is 5.03. The minimum Gasteiger partial charge on any atom is -0.338 e. The van der Waals surface area contributed by atoms with Gasteiger partial charge in [-0.1, -0.05) is 30.3 Å². The lowest BCUT2D eigenvalue weighted by Crippen LogP contribution is -2.39. The summed E-state index contributed by atoms with van der Waals surface area (Å²) in [4.78, 5) is 26.5. The van der Waals surface area contributed by atoms with Gasteiger partial charge in [-0.05, 0) is 53.2 Å². The third-order valence-electron chi connectivity index (χ3n) is 4.56. The molecule has 3 rings (SSSR count). The summed E-state index contributed by atoms with van der Waals surface area (Å²) in [6.07, 6.45) is 5.72. The third kappa shape index (κ3) is 4.15. The van der Waals surface area contributed by atoms with Gasteiger partial charge in [0.05, 0.1) is 0 Å². The first-order valence-corrected chi connectivity index (χ1v) is 9.12. The van der Waals surface area contributed by atoms with Crippen LogP contribution in [0.5, 0.6) is 0 Å². The minimum atomic E-state index is -0.147. The van der Waals surface area contributed by atoms with Crippen molar-refractivity contribution >= 4 is 21.8 Å². The first kappa shape index (κ1) is 17.0. The SMILES string of the molecule is O=C(Cn1cc(Br)ccc1=O)N1CCCC1CCc1ccccc1. The van der Waals surface area contributed by atoms with Crippen molar-refractivity contribution in [2.75, 3.05) is 6.54 Å². The molecule has 2 heterocycles. The zero-order valence-electron chi connectivity index (χ0n) is 13.5. The van der Waals surface area contributed by atoms with Crippen LogP contribution >= 0.6 is 15.9 Å². The normalized spacial score (nSPS) is 17.2. The summed E-state index contributed by atoms with van der Waals surface area (Å²) in [5, 5.41) is 0. The number of nitrogens with zero attached hydrogens (tertiary/aromatic N) is 2. The van der Waals surface area contributed by atoms with E-state index in [-0.39, 0.29) is 24.1 Å². The molecule has 2 aromatic rings. The highest BCUT2D eigenvalue weighted by Gasteiger charge is 2.28. The number of benzene rings is 1. The topological polar surface area (TPSA) is 42.3 Å². The maximum Gasteiger partial charge on any atom is 0.251 e. The highest BCUT2D eigenvalue weighted by atomic mass is 79.9. The summed E-state index contributed by atoms with van der Waals surface area (Å²) in [6, 6.07) is 13.8. The smallest absolute Gasteiger partial charge is 0.251 e. The standard InChI is InChI=1S/C19H21BrN2O2/c20-16-9-11-18(23)21(13-16)14-19(24)22-12-4-7-17(22)10-8-15-5-2-1-3-6-15/h1-3,5-6,9,11,13,17H,4,7-8,10,12,14H2. The zero-order chi connectivity index (χ0) is 16.9. The number of carbonyl (C=O) groups is 1. The molecule has 0 N–H and O–H groups in total. The largest absolute Gasteiger partial charge is 0.338 e. The predicted octanol–water partition coefficient (Wildman–Crippen LogP) is 3.23. The Kier molecular flexibility index (Phi) is 5.51. The van der Waals surface area contributed by atoms with Crippen LogP contribution in [0.3, 0.4) is 0 Å². The molecule has 1 saturated heterocycles. The van der Waals surface area contributed by atoms with E-state index in [1.54, 1.807) is 12.3 Å². The van der Waals surface area contributed by atoms with Crippen LogP contribution in [0.2, 0.25) is 0 Å². The molecular weight excluding hydrogens is 368 g/mol. The Bertz CT molecular complexity index is 757. The number of halogens is 1. The Morgan fingerprint density at radius 2 is 1.96 bits per heavy atom. The van der Waals surface area contributed by atoms with Crippen LogP contribution in [0.25, 0.3) is 0 Å². The number of pyridine rings is 1.